The molecule has 3 nitrogen and oxygen atoms in total. The van der Waals surface area contributed by atoms with Gasteiger partial charge in [-0.05, 0) is 55.5 Å². The fourth-order valence-electron chi connectivity index (χ4n) is 2.54. The van der Waals surface area contributed by atoms with Gasteiger partial charge in [-0.25, -0.2) is 17.6 Å². The van der Waals surface area contributed by atoms with Gasteiger partial charge in [0, 0.05) is 11.1 Å². The zero-order chi connectivity index (χ0) is 20.4. The zero-order valence-corrected chi connectivity index (χ0v) is 14.9. The predicted octanol–water partition coefficient (Wildman–Crippen LogP) is 5.58. The Balaban J connectivity index is 1.86. The number of ether oxygens (including phenoxy) is 2. The van der Waals surface area contributed by atoms with Gasteiger partial charge in [0.2, 0.25) is 0 Å². The number of benzene rings is 3. The van der Waals surface area contributed by atoms with Gasteiger partial charge in [-0.15, -0.1) is 0 Å². The van der Waals surface area contributed by atoms with Crippen molar-refractivity contribution in [3.05, 3.63) is 88.5 Å². The Kier molecular flexibility index (Phi) is 5.35. The largest absolute Gasteiger partial charge is 0.497 e. The number of ketones is 1. The predicted molar refractivity (Wildman–Crippen MR) is 94.0 cm³/mol. The van der Waals surface area contributed by atoms with E-state index in [4.69, 9.17) is 9.47 Å². The first-order valence-corrected chi connectivity index (χ1v) is 8.12. The lowest BCUT2D eigenvalue weighted by Crippen LogP contribution is -2.13. The minimum Gasteiger partial charge on any atom is -0.497 e. The Labute approximate surface area is 158 Å². The lowest BCUT2D eigenvalue weighted by Gasteiger charge is -2.10. The van der Waals surface area contributed by atoms with E-state index < -0.39 is 40.2 Å². The normalized spacial score (nSPS) is 10.6. The standard InChI is InChI=1S/C21H14F4O3/c1-11-17(22)19(24)16(20(25)18(11)23)21(26)12-3-5-14(6-4-12)28-15-9-7-13(27-2)8-10-15/h3-10H,1-2H3. The van der Waals surface area contributed by atoms with Crippen LogP contribution in [0.15, 0.2) is 48.5 Å². The summed E-state index contributed by atoms with van der Waals surface area (Å²) in [6.07, 6.45) is 0. The number of rotatable bonds is 5. The van der Waals surface area contributed by atoms with E-state index in [1.54, 1.807) is 24.3 Å². The monoisotopic (exact) mass is 390 g/mol. The molecular weight excluding hydrogens is 376 g/mol. The Morgan fingerprint density at radius 1 is 0.714 bits per heavy atom. The third kappa shape index (κ3) is 3.55. The fourth-order valence-corrected chi connectivity index (χ4v) is 2.54. The van der Waals surface area contributed by atoms with Crippen LogP contribution in [-0.2, 0) is 0 Å². The van der Waals surface area contributed by atoms with Crippen molar-refractivity contribution in [2.24, 2.45) is 0 Å². The van der Waals surface area contributed by atoms with Crippen LogP contribution in [0.1, 0.15) is 21.5 Å². The third-order valence-corrected chi connectivity index (χ3v) is 4.12. The smallest absolute Gasteiger partial charge is 0.199 e. The second-order valence-corrected chi connectivity index (χ2v) is 5.89. The maximum Gasteiger partial charge on any atom is 0.199 e. The molecule has 0 amide bonds. The quantitative estimate of drug-likeness (QED) is 0.324. The first-order valence-electron chi connectivity index (χ1n) is 8.12. The van der Waals surface area contributed by atoms with Gasteiger partial charge in [0.15, 0.2) is 29.1 Å². The minimum absolute atomic E-state index is 0.150. The lowest BCUT2D eigenvalue weighted by molar-refractivity contribution is 0.102. The van der Waals surface area contributed by atoms with Gasteiger partial charge in [0.25, 0.3) is 0 Å². The van der Waals surface area contributed by atoms with Gasteiger partial charge >= 0.3 is 0 Å². The number of hydrogen-bond acceptors (Lipinski definition) is 3. The molecule has 0 radical (unpaired) electrons. The fraction of sp³-hybridized carbons (Fsp3) is 0.0952. The highest BCUT2D eigenvalue weighted by atomic mass is 19.2. The Bertz CT molecular complexity index is 1000. The summed E-state index contributed by atoms with van der Waals surface area (Å²) in [5.74, 6) is -6.31. The summed E-state index contributed by atoms with van der Waals surface area (Å²) < 4.78 is 66.1. The Morgan fingerprint density at radius 3 is 1.61 bits per heavy atom. The van der Waals surface area contributed by atoms with E-state index in [0.717, 1.165) is 6.92 Å². The number of hydrogen-bond donors (Lipinski definition) is 0. The van der Waals surface area contributed by atoms with Crippen molar-refractivity contribution in [2.75, 3.05) is 7.11 Å². The molecule has 0 aliphatic carbocycles. The van der Waals surface area contributed by atoms with Crippen LogP contribution in [0.3, 0.4) is 0 Å². The maximum absolute atomic E-state index is 14.0. The molecule has 3 rings (SSSR count). The van der Waals surface area contributed by atoms with Crippen molar-refractivity contribution in [3.8, 4) is 17.2 Å². The average molecular weight is 390 g/mol. The van der Waals surface area contributed by atoms with Gasteiger partial charge in [0.05, 0.1) is 7.11 Å². The molecular formula is C21H14F4O3. The molecule has 0 bridgehead atoms. The van der Waals surface area contributed by atoms with Gasteiger partial charge in [-0.2, -0.15) is 0 Å². The van der Waals surface area contributed by atoms with Crippen molar-refractivity contribution >= 4 is 5.78 Å². The second kappa shape index (κ2) is 7.72. The first kappa shape index (κ1) is 19.4. The molecule has 3 aromatic carbocycles. The zero-order valence-electron chi connectivity index (χ0n) is 14.9. The number of carbonyl (C=O) groups is 1. The summed E-state index contributed by atoms with van der Waals surface area (Å²) in [6, 6.07) is 12.0. The number of carbonyl (C=O) groups excluding carboxylic acids is 1. The third-order valence-electron chi connectivity index (χ3n) is 4.12. The molecule has 28 heavy (non-hydrogen) atoms. The minimum atomic E-state index is -1.72. The molecule has 0 unspecified atom stereocenters. The molecule has 0 N–H and O–H groups in total. The number of methoxy groups -OCH3 is 1. The van der Waals surface area contributed by atoms with Crippen molar-refractivity contribution < 1.29 is 31.8 Å². The van der Waals surface area contributed by atoms with Crippen LogP contribution in [0.4, 0.5) is 17.6 Å². The Morgan fingerprint density at radius 2 is 1.14 bits per heavy atom. The molecule has 144 valence electrons. The van der Waals surface area contributed by atoms with Crippen molar-refractivity contribution in [3.63, 3.8) is 0 Å². The molecule has 0 fully saturated rings. The van der Waals surface area contributed by atoms with Crippen LogP contribution in [0, 0.1) is 30.2 Å². The summed E-state index contributed by atoms with van der Waals surface area (Å²) >= 11 is 0. The van der Waals surface area contributed by atoms with Crippen LogP contribution in [0.25, 0.3) is 0 Å². The topological polar surface area (TPSA) is 35.5 Å². The van der Waals surface area contributed by atoms with E-state index in [1.807, 2.05) is 0 Å². The molecule has 0 aliphatic heterocycles. The summed E-state index contributed by atoms with van der Waals surface area (Å²) in [6.45, 7) is 0.885. The Hall–Kier alpha value is -3.35. The van der Waals surface area contributed by atoms with E-state index in [0.29, 0.717) is 17.2 Å². The summed E-state index contributed by atoms with van der Waals surface area (Å²) in [5, 5.41) is 0. The highest BCUT2D eigenvalue weighted by molar-refractivity contribution is 6.09. The van der Waals surface area contributed by atoms with E-state index in [1.165, 1.54) is 31.4 Å². The average Bonchev–Trinajstić information content (AvgIpc) is 2.72. The molecule has 3 aromatic rings. The van der Waals surface area contributed by atoms with Gasteiger partial charge in [-0.3, -0.25) is 4.79 Å². The van der Waals surface area contributed by atoms with E-state index in [9.17, 15) is 22.4 Å². The van der Waals surface area contributed by atoms with Crippen LogP contribution < -0.4 is 9.47 Å². The summed E-state index contributed by atoms with van der Waals surface area (Å²) in [5.41, 5.74) is -2.25. The molecule has 0 heterocycles. The van der Waals surface area contributed by atoms with E-state index in [2.05, 4.69) is 0 Å². The van der Waals surface area contributed by atoms with Crippen molar-refractivity contribution in [1.82, 2.24) is 0 Å². The van der Waals surface area contributed by atoms with Crippen LogP contribution in [-0.4, -0.2) is 12.9 Å². The second-order valence-electron chi connectivity index (χ2n) is 5.89. The first-order chi connectivity index (χ1) is 13.3. The molecule has 0 aliphatic rings. The van der Waals surface area contributed by atoms with Gasteiger partial charge < -0.3 is 9.47 Å². The molecule has 0 spiro atoms. The SMILES string of the molecule is COc1ccc(Oc2ccc(C(=O)c3c(F)c(F)c(C)c(F)c3F)cc2)cc1. The molecule has 0 atom stereocenters. The number of halogens is 4. The maximum atomic E-state index is 14.0. The molecule has 0 aromatic heterocycles. The van der Waals surface area contributed by atoms with Crippen molar-refractivity contribution in [2.45, 2.75) is 6.92 Å². The highest BCUT2D eigenvalue weighted by Gasteiger charge is 2.28. The molecule has 7 heteroatoms. The summed E-state index contributed by atoms with van der Waals surface area (Å²) in [7, 11) is 1.53. The van der Waals surface area contributed by atoms with Crippen LogP contribution in [0.2, 0.25) is 0 Å². The van der Waals surface area contributed by atoms with Crippen LogP contribution >= 0.6 is 0 Å². The van der Waals surface area contributed by atoms with Gasteiger partial charge in [0.1, 0.15) is 22.8 Å². The van der Waals surface area contributed by atoms with Gasteiger partial charge in [-0.1, -0.05) is 0 Å². The van der Waals surface area contributed by atoms with E-state index in [-0.39, 0.29) is 5.56 Å². The van der Waals surface area contributed by atoms with Crippen LogP contribution in [0.5, 0.6) is 17.2 Å². The molecule has 0 saturated heterocycles. The van der Waals surface area contributed by atoms with E-state index >= 15 is 0 Å². The lowest BCUT2D eigenvalue weighted by atomic mass is 10.00. The molecule has 0 saturated carbocycles. The summed E-state index contributed by atoms with van der Waals surface area (Å²) in [4.78, 5) is 12.4. The highest BCUT2D eigenvalue weighted by Crippen LogP contribution is 2.28. The van der Waals surface area contributed by atoms with Crippen molar-refractivity contribution in [1.29, 1.82) is 0 Å².